The van der Waals surface area contributed by atoms with Gasteiger partial charge in [0.15, 0.2) is 0 Å². The molecule has 0 aliphatic carbocycles. The molecule has 2 N–H and O–H groups in total. The molecule has 4 aromatic rings. The van der Waals surface area contributed by atoms with Crippen molar-refractivity contribution in [3.63, 3.8) is 0 Å². The predicted molar refractivity (Wildman–Crippen MR) is 163 cm³/mol. The van der Waals surface area contributed by atoms with Crippen molar-refractivity contribution in [3.05, 3.63) is 84.1 Å². The molecular weight excluding hydrogens is 542 g/mol. The molecule has 1 aliphatic heterocycles. The molecule has 5 rings (SSSR count). The van der Waals surface area contributed by atoms with Crippen LogP contribution in [-0.2, 0) is 9.53 Å². The van der Waals surface area contributed by atoms with Gasteiger partial charge in [-0.1, -0.05) is 42.0 Å². The van der Waals surface area contributed by atoms with Gasteiger partial charge in [0, 0.05) is 34.9 Å². The van der Waals surface area contributed by atoms with Gasteiger partial charge in [0.1, 0.15) is 15.4 Å². The summed E-state index contributed by atoms with van der Waals surface area (Å²) in [7, 11) is 0. The molecule has 1 aliphatic rings. The first kappa shape index (κ1) is 27.9. The highest BCUT2D eigenvalue weighted by molar-refractivity contribution is 8.01. The molecule has 1 fully saturated rings. The maximum Gasteiger partial charge on any atom is 0.319 e. The monoisotopic (exact) mass is 573 g/mol. The van der Waals surface area contributed by atoms with E-state index in [-0.39, 0.29) is 5.91 Å². The number of carboxylic acids is 1. The minimum atomic E-state index is -0.938. The number of rotatable bonds is 8. The number of hydrogen-bond donors (Lipinski definition) is 2. The second kappa shape index (κ2) is 11.8. The van der Waals surface area contributed by atoms with Crippen LogP contribution in [0.4, 0.5) is 11.4 Å². The van der Waals surface area contributed by atoms with Gasteiger partial charge < -0.3 is 20.1 Å². The molecule has 1 amide bonds. The highest BCUT2D eigenvalue weighted by atomic mass is 32.2. The van der Waals surface area contributed by atoms with E-state index in [0.717, 1.165) is 50.2 Å². The number of carbonyl (C=O) groups excluding carboxylic acids is 1. The lowest BCUT2D eigenvalue weighted by Gasteiger charge is -2.28. The van der Waals surface area contributed by atoms with E-state index < -0.39 is 10.7 Å². The van der Waals surface area contributed by atoms with Crippen molar-refractivity contribution in [1.82, 2.24) is 4.98 Å². The van der Waals surface area contributed by atoms with E-state index in [0.29, 0.717) is 24.6 Å². The number of carbonyl (C=O) groups is 2. The molecule has 40 heavy (non-hydrogen) atoms. The van der Waals surface area contributed by atoms with E-state index in [1.807, 2.05) is 79.7 Å². The maximum absolute atomic E-state index is 13.5. The smallest absolute Gasteiger partial charge is 0.319 e. The number of morpholine rings is 1. The van der Waals surface area contributed by atoms with Gasteiger partial charge >= 0.3 is 5.97 Å². The Hall–Kier alpha value is -3.66. The fourth-order valence-electron chi connectivity index (χ4n) is 4.27. The van der Waals surface area contributed by atoms with Gasteiger partial charge in [-0.2, -0.15) is 0 Å². The van der Waals surface area contributed by atoms with Crippen molar-refractivity contribution < 1.29 is 19.4 Å². The highest BCUT2D eigenvalue weighted by Gasteiger charge is 2.28. The highest BCUT2D eigenvalue weighted by Crippen LogP contribution is 2.38. The predicted octanol–water partition coefficient (Wildman–Crippen LogP) is 6.83. The number of benzene rings is 3. The number of aliphatic carboxylic acids is 1. The number of aryl methyl sites for hydroxylation is 1. The first-order chi connectivity index (χ1) is 19.2. The molecule has 7 nitrogen and oxygen atoms in total. The molecule has 206 valence electrons. The molecule has 0 spiro atoms. The molecule has 0 saturated carbocycles. The zero-order chi connectivity index (χ0) is 28.3. The summed E-state index contributed by atoms with van der Waals surface area (Å²) in [5.74, 6) is -1.14. The van der Waals surface area contributed by atoms with Gasteiger partial charge in [-0.05, 0) is 62.7 Å². The normalized spacial score (nSPS) is 13.7. The van der Waals surface area contributed by atoms with Gasteiger partial charge in [-0.25, -0.2) is 4.98 Å². The molecule has 0 atom stereocenters. The van der Waals surface area contributed by atoms with Crippen LogP contribution in [0.5, 0.6) is 0 Å². The molecule has 0 unspecified atom stereocenters. The number of nitrogens with zero attached hydrogens (tertiary/aromatic N) is 2. The van der Waals surface area contributed by atoms with Crippen molar-refractivity contribution in [2.75, 3.05) is 36.5 Å². The first-order valence-corrected chi connectivity index (χ1v) is 14.7. The third-order valence-electron chi connectivity index (χ3n) is 6.65. The van der Waals surface area contributed by atoms with Crippen LogP contribution in [-0.4, -0.2) is 53.0 Å². The second-order valence-corrected chi connectivity index (χ2v) is 12.8. The van der Waals surface area contributed by atoms with Gasteiger partial charge in [0.25, 0.3) is 5.91 Å². The van der Waals surface area contributed by atoms with Gasteiger partial charge in [0.2, 0.25) is 0 Å². The van der Waals surface area contributed by atoms with Crippen molar-refractivity contribution in [2.24, 2.45) is 0 Å². The van der Waals surface area contributed by atoms with E-state index in [4.69, 9.17) is 9.72 Å². The number of carboxylic acid groups (broad SMARTS) is 1. The fourth-order valence-corrected chi connectivity index (χ4v) is 6.29. The minimum absolute atomic E-state index is 0.271. The number of aromatic nitrogens is 1. The van der Waals surface area contributed by atoms with Gasteiger partial charge in [0.05, 0.1) is 18.1 Å². The van der Waals surface area contributed by atoms with Crippen molar-refractivity contribution >= 4 is 46.3 Å². The number of thiazole rings is 1. The number of hydrogen-bond acceptors (Lipinski definition) is 7. The average Bonchev–Trinajstić information content (AvgIpc) is 3.40. The second-order valence-electron chi connectivity index (χ2n) is 10.1. The maximum atomic E-state index is 13.5. The molecule has 3 aromatic carbocycles. The average molecular weight is 574 g/mol. The summed E-state index contributed by atoms with van der Waals surface area (Å²) in [6, 6.07) is 23.6. The van der Waals surface area contributed by atoms with E-state index in [1.165, 1.54) is 23.1 Å². The van der Waals surface area contributed by atoms with Crippen LogP contribution >= 0.6 is 23.1 Å². The Morgan fingerprint density at radius 3 is 2.20 bits per heavy atom. The Bertz CT molecular complexity index is 1490. The summed E-state index contributed by atoms with van der Waals surface area (Å²) in [5, 5.41) is 13.2. The lowest BCUT2D eigenvalue weighted by molar-refractivity contribution is -0.138. The largest absolute Gasteiger partial charge is 0.480 e. The Labute approximate surface area is 242 Å². The Kier molecular flexibility index (Phi) is 8.25. The third kappa shape index (κ3) is 6.38. The Balaban J connectivity index is 1.41. The van der Waals surface area contributed by atoms with Crippen molar-refractivity contribution in [2.45, 2.75) is 30.4 Å². The molecule has 0 radical (unpaired) electrons. The zero-order valence-electron chi connectivity index (χ0n) is 22.6. The van der Waals surface area contributed by atoms with Crippen LogP contribution in [0.25, 0.3) is 21.0 Å². The fraction of sp³-hybridized carbons (Fsp3) is 0.258. The lowest BCUT2D eigenvalue weighted by Crippen LogP contribution is -2.36. The molecule has 9 heteroatoms. The summed E-state index contributed by atoms with van der Waals surface area (Å²) >= 11 is 2.75. The van der Waals surface area contributed by atoms with Gasteiger partial charge in [-0.3, -0.25) is 9.59 Å². The van der Waals surface area contributed by atoms with Crippen molar-refractivity contribution in [3.8, 4) is 21.0 Å². The number of thioether (sulfide) groups is 1. The SMILES string of the molecule is Cc1ccc(-c2sc(-c3ccc(SC(C)(C)C(=O)O)cc3)nc2C(=O)Nc2ccc(N3CCOCC3)cc2)cc1. The summed E-state index contributed by atoms with van der Waals surface area (Å²) in [6.45, 7) is 8.53. The lowest BCUT2D eigenvalue weighted by atomic mass is 10.1. The quantitative estimate of drug-likeness (QED) is 0.223. The molecular formula is C31H31N3O4S2. The van der Waals surface area contributed by atoms with E-state index in [2.05, 4.69) is 10.2 Å². The summed E-state index contributed by atoms with van der Waals surface area (Å²) in [5.41, 5.74) is 5.10. The molecule has 0 bridgehead atoms. The minimum Gasteiger partial charge on any atom is -0.480 e. The first-order valence-electron chi connectivity index (χ1n) is 13.0. The van der Waals surface area contributed by atoms with Crippen molar-refractivity contribution in [1.29, 1.82) is 0 Å². The zero-order valence-corrected chi connectivity index (χ0v) is 24.3. The van der Waals surface area contributed by atoms with E-state index in [1.54, 1.807) is 13.8 Å². The van der Waals surface area contributed by atoms with E-state index in [9.17, 15) is 14.7 Å². The van der Waals surface area contributed by atoms with Gasteiger partial charge in [-0.15, -0.1) is 23.1 Å². The summed E-state index contributed by atoms with van der Waals surface area (Å²) in [6.07, 6.45) is 0. The number of ether oxygens (including phenoxy) is 1. The van der Waals surface area contributed by atoms with E-state index >= 15 is 0 Å². The summed E-state index contributed by atoms with van der Waals surface area (Å²) < 4.78 is 4.50. The molecule has 1 saturated heterocycles. The number of amides is 1. The Morgan fingerprint density at radius 1 is 0.950 bits per heavy atom. The van der Waals surface area contributed by atoms with Crippen LogP contribution in [0.15, 0.2) is 77.7 Å². The Morgan fingerprint density at radius 2 is 1.57 bits per heavy atom. The van der Waals surface area contributed by atoms with Crippen LogP contribution in [0.2, 0.25) is 0 Å². The third-order valence-corrected chi connectivity index (χ3v) is 8.99. The topological polar surface area (TPSA) is 91.8 Å². The van der Waals surface area contributed by atoms with Crippen LogP contribution < -0.4 is 10.2 Å². The molecule has 2 heterocycles. The number of anilines is 2. The summed E-state index contributed by atoms with van der Waals surface area (Å²) in [4.78, 5) is 33.7. The standard InChI is InChI=1S/C31H31N3O4S2/c1-20-4-6-21(7-5-20)27-26(28(35)32-23-10-12-24(13-11-23)34-16-18-38-19-17-34)33-29(39-27)22-8-14-25(15-9-22)40-31(2,3)30(36)37/h4-15H,16-19H2,1-3H3,(H,32,35)(H,36,37). The number of nitrogens with one attached hydrogen (secondary N) is 1. The van der Waals surface area contributed by atoms with Crippen LogP contribution in [0.1, 0.15) is 29.9 Å². The van der Waals surface area contributed by atoms with Crippen LogP contribution in [0.3, 0.4) is 0 Å². The van der Waals surface area contributed by atoms with Crippen LogP contribution in [0, 0.1) is 6.92 Å². The molecule has 1 aromatic heterocycles.